The summed E-state index contributed by atoms with van der Waals surface area (Å²) in [4.78, 5) is 29.9. The average molecular weight is 368 g/mol. The fraction of sp³-hybridized carbons (Fsp3) is 0.286. The molecule has 0 aliphatic rings. The minimum atomic E-state index is -0.921. The van der Waals surface area contributed by atoms with Gasteiger partial charge in [-0.15, -0.1) is 0 Å². The van der Waals surface area contributed by atoms with Gasteiger partial charge in [0.05, 0.1) is 5.69 Å². The molecule has 27 heavy (non-hydrogen) atoms. The molecular formula is C21H21FN2O3. The molecule has 0 atom stereocenters. The van der Waals surface area contributed by atoms with Crippen LogP contribution in [0.2, 0.25) is 0 Å². The maximum Gasteiger partial charge on any atom is 0.421 e. The molecule has 0 radical (unpaired) electrons. The van der Waals surface area contributed by atoms with Crippen molar-refractivity contribution in [3.8, 4) is 11.8 Å². The first-order valence-electron chi connectivity index (χ1n) is 8.48. The van der Waals surface area contributed by atoms with Gasteiger partial charge in [0.25, 0.3) is 0 Å². The first-order chi connectivity index (χ1) is 12.8. The van der Waals surface area contributed by atoms with Crippen LogP contribution in [0.4, 0.5) is 14.9 Å². The van der Waals surface area contributed by atoms with E-state index in [2.05, 4.69) is 16.8 Å². The van der Waals surface area contributed by atoms with Gasteiger partial charge in [0.1, 0.15) is 17.1 Å². The van der Waals surface area contributed by atoms with Gasteiger partial charge in [-0.1, -0.05) is 24.1 Å². The Morgan fingerprint density at radius 1 is 1.15 bits per heavy atom. The SMILES string of the molecule is CC(C)(C)OC(=O)N(C(=O)CCC#Cc1ccccn1)c1ccccc1F. The first kappa shape index (κ1) is 20.1. The maximum atomic E-state index is 14.2. The number of hydrogen-bond donors (Lipinski definition) is 0. The summed E-state index contributed by atoms with van der Waals surface area (Å²) in [5, 5.41) is 0. The standard InChI is InChI=1S/C21H21FN2O3/c1-21(2,3)27-20(26)24(18-13-6-5-12-17(18)22)19(25)14-7-4-10-16-11-8-9-15-23-16/h5-6,8-9,11-13,15H,7,14H2,1-3H3. The number of carbonyl (C=O) groups is 2. The molecule has 140 valence electrons. The van der Waals surface area contributed by atoms with Gasteiger partial charge in [-0.3, -0.25) is 4.79 Å². The summed E-state index contributed by atoms with van der Waals surface area (Å²) >= 11 is 0. The molecule has 0 saturated carbocycles. The van der Waals surface area contributed by atoms with Crippen LogP contribution in [0.1, 0.15) is 39.3 Å². The van der Waals surface area contributed by atoms with Crippen LogP contribution in [0.25, 0.3) is 0 Å². The number of carbonyl (C=O) groups excluding carboxylic acids is 2. The molecule has 0 aliphatic heterocycles. The van der Waals surface area contributed by atoms with Crippen molar-refractivity contribution >= 4 is 17.7 Å². The number of imide groups is 1. The Labute approximate surface area is 158 Å². The molecule has 0 aliphatic carbocycles. The maximum absolute atomic E-state index is 14.2. The van der Waals surface area contributed by atoms with Gasteiger partial charge in [-0.25, -0.2) is 19.1 Å². The Hall–Kier alpha value is -3.20. The molecule has 2 rings (SSSR count). The molecule has 0 unspecified atom stereocenters. The second kappa shape index (κ2) is 8.95. The van der Waals surface area contributed by atoms with Crippen molar-refractivity contribution < 1.29 is 18.7 Å². The average Bonchev–Trinajstić information content (AvgIpc) is 2.60. The van der Waals surface area contributed by atoms with Crippen LogP contribution in [0.5, 0.6) is 0 Å². The molecule has 5 nitrogen and oxygen atoms in total. The lowest BCUT2D eigenvalue weighted by molar-refractivity contribution is -0.118. The Morgan fingerprint density at radius 2 is 1.85 bits per heavy atom. The lowest BCUT2D eigenvalue weighted by atomic mass is 10.2. The molecule has 6 heteroatoms. The summed E-state index contributed by atoms with van der Waals surface area (Å²) in [5.74, 6) is 4.39. The minimum Gasteiger partial charge on any atom is -0.443 e. The summed E-state index contributed by atoms with van der Waals surface area (Å²) < 4.78 is 19.4. The molecule has 1 heterocycles. The number of ether oxygens (including phenoxy) is 1. The number of amides is 2. The van der Waals surface area contributed by atoms with Crippen molar-refractivity contribution in [3.63, 3.8) is 0 Å². The fourth-order valence-corrected chi connectivity index (χ4v) is 2.15. The smallest absolute Gasteiger partial charge is 0.421 e. The van der Waals surface area contributed by atoms with E-state index in [4.69, 9.17) is 4.74 Å². The van der Waals surface area contributed by atoms with Crippen LogP contribution in [0, 0.1) is 17.7 Å². The van der Waals surface area contributed by atoms with Crippen molar-refractivity contribution in [2.75, 3.05) is 4.90 Å². The van der Waals surface area contributed by atoms with Crippen LogP contribution in [-0.4, -0.2) is 22.6 Å². The van der Waals surface area contributed by atoms with Crippen LogP contribution in [-0.2, 0) is 9.53 Å². The third kappa shape index (κ3) is 6.23. The Kier molecular flexibility index (Phi) is 6.67. The number of benzene rings is 1. The second-order valence-corrected chi connectivity index (χ2v) is 6.68. The predicted molar refractivity (Wildman–Crippen MR) is 100 cm³/mol. The van der Waals surface area contributed by atoms with Crippen molar-refractivity contribution in [2.45, 2.75) is 39.2 Å². The van der Waals surface area contributed by atoms with E-state index in [9.17, 15) is 14.0 Å². The van der Waals surface area contributed by atoms with E-state index in [-0.39, 0.29) is 18.5 Å². The monoisotopic (exact) mass is 368 g/mol. The number of aromatic nitrogens is 1. The second-order valence-electron chi connectivity index (χ2n) is 6.68. The highest BCUT2D eigenvalue weighted by Crippen LogP contribution is 2.22. The number of nitrogens with zero attached hydrogens (tertiary/aromatic N) is 2. The molecule has 0 spiro atoms. The lowest BCUT2D eigenvalue weighted by Gasteiger charge is -2.26. The number of pyridine rings is 1. The molecule has 2 aromatic rings. The summed E-state index contributed by atoms with van der Waals surface area (Å²) in [6.07, 6.45) is 0.837. The van der Waals surface area contributed by atoms with E-state index >= 15 is 0 Å². The quantitative estimate of drug-likeness (QED) is 0.757. The lowest BCUT2D eigenvalue weighted by Crippen LogP contribution is -2.41. The predicted octanol–water partition coefficient (Wildman–Crippen LogP) is 4.32. The topological polar surface area (TPSA) is 59.5 Å². The first-order valence-corrected chi connectivity index (χ1v) is 8.48. The molecule has 1 aromatic carbocycles. The van der Waals surface area contributed by atoms with Gasteiger partial charge in [0, 0.05) is 19.0 Å². The zero-order chi connectivity index (χ0) is 19.9. The van der Waals surface area contributed by atoms with E-state index in [1.165, 1.54) is 18.2 Å². The number of hydrogen-bond acceptors (Lipinski definition) is 4. The highest BCUT2D eigenvalue weighted by Gasteiger charge is 2.30. The number of para-hydroxylation sites is 1. The van der Waals surface area contributed by atoms with Gasteiger partial charge >= 0.3 is 6.09 Å². The zero-order valence-corrected chi connectivity index (χ0v) is 15.5. The van der Waals surface area contributed by atoms with E-state index < -0.39 is 23.4 Å². The summed E-state index contributed by atoms with van der Waals surface area (Å²) in [6, 6.07) is 10.9. The zero-order valence-electron chi connectivity index (χ0n) is 15.5. The molecule has 0 fully saturated rings. The Morgan fingerprint density at radius 3 is 2.48 bits per heavy atom. The molecule has 0 N–H and O–H groups in total. The van der Waals surface area contributed by atoms with Gasteiger partial charge in [0.15, 0.2) is 0 Å². The Bertz CT molecular complexity index is 864. The van der Waals surface area contributed by atoms with E-state index in [1.807, 2.05) is 6.07 Å². The molecule has 0 bridgehead atoms. The molecule has 1 aromatic heterocycles. The van der Waals surface area contributed by atoms with Gasteiger partial charge < -0.3 is 4.74 Å². The van der Waals surface area contributed by atoms with E-state index in [0.29, 0.717) is 5.69 Å². The third-order valence-corrected chi connectivity index (χ3v) is 3.26. The highest BCUT2D eigenvalue weighted by atomic mass is 19.1. The van der Waals surface area contributed by atoms with Crippen molar-refractivity contribution in [2.24, 2.45) is 0 Å². The third-order valence-electron chi connectivity index (χ3n) is 3.26. The minimum absolute atomic E-state index is 0.0621. The summed E-state index contributed by atoms with van der Waals surface area (Å²) in [5.41, 5.74) is -0.378. The van der Waals surface area contributed by atoms with Crippen LogP contribution in [0.15, 0.2) is 48.7 Å². The van der Waals surface area contributed by atoms with Gasteiger partial charge in [-0.05, 0) is 51.0 Å². The number of halogens is 1. The number of anilines is 1. The van der Waals surface area contributed by atoms with E-state index in [0.717, 1.165) is 4.90 Å². The fourth-order valence-electron chi connectivity index (χ4n) is 2.15. The molecule has 2 amide bonds. The molecular weight excluding hydrogens is 347 g/mol. The molecule has 0 saturated heterocycles. The summed E-state index contributed by atoms with van der Waals surface area (Å²) in [6.45, 7) is 5.02. The van der Waals surface area contributed by atoms with Gasteiger partial charge in [0.2, 0.25) is 5.91 Å². The highest BCUT2D eigenvalue weighted by molar-refractivity contribution is 6.12. The normalized spacial score (nSPS) is 10.5. The van der Waals surface area contributed by atoms with E-state index in [1.54, 1.807) is 45.2 Å². The van der Waals surface area contributed by atoms with Crippen LogP contribution >= 0.6 is 0 Å². The Balaban J connectivity index is 2.15. The van der Waals surface area contributed by atoms with Crippen molar-refractivity contribution in [3.05, 3.63) is 60.2 Å². The largest absolute Gasteiger partial charge is 0.443 e. The van der Waals surface area contributed by atoms with Crippen molar-refractivity contribution in [1.29, 1.82) is 0 Å². The van der Waals surface area contributed by atoms with Crippen molar-refractivity contribution in [1.82, 2.24) is 4.98 Å². The van der Waals surface area contributed by atoms with Crippen LogP contribution < -0.4 is 4.90 Å². The van der Waals surface area contributed by atoms with Gasteiger partial charge in [-0.2, -0.15) is 0 Å². The summed E-state index contributed by atoms with van der Waals surface area (Å²) in [7, 11) is 0. The number of rotatable bonds is 3. The van der Waals surface area contributed by atoms with Crippen LogP contribution in [0.3, 0.4) is 0 Å².